The molecule has 4 nitrogen and oxygen atoms in total. The van der Waals surface area contributed by atoms with Gasteiger partial charge in [0, 0.05) is 16.9 Å². The molecule has 0 radical (unpaired) electrons. The molecule has 0 saturated heterocycles. The summed E-state index contributed by atoms with van der Waals surface area (Å²) >= 11 is 6.60. The van der Waals surface area contributed by atoms with E-state index in [1.54, 1.807) is 29.3 Å². The van der Waals surface area contributed by atoms with Crippen LogP contribution in [0.1, 0.15) is 0 Å². The third-order valence-corrected chi connectivity index (χ3v) is 2.47. The molecule has 6 heteroatoms. The fourth-order valence-corrected chi connectivity index (χ4v) is 1.69. The van der Waals surface area contributed by atoms with Crippen molar-refractivity contribution in [1.29, 1.82) is 0 Å². The van der Waals surface area contributed by atoms with Gasteiger partial charge in [-0.3, -0.25) is 0 Å². The summed E-state index contributed by atoms with van der Waals surface area (Å²) in [5, 5.41) is 4.09. The maximum Gasteiger partial charge on any atom is 0.176 e. The van der Waals surface area contributed by atoms with Crippen LogP contribution in [0.25, 0.3) is 5.82 Å². The molecule has 2 aromatic heterocycles. The highest BCUT2D eigenvalue weighted by Crippen LogP contribution is 2.19. The van der Waals surface area contributed by atoms with Gasteiger partial charge in [-0.2, -0.15) is 5.10 Å². The molecule has 2 heterocycles. The van der Waals surface area contributed by atoms with Gasteiger partial charge in [-0.05, 0) is 37.9 Å². The van der Waals surface area contributed by atoms with Crippen molar-refractivity contribution < 1.29 is 0 Å². The van der Waals surface area contributed by atoms with Gasteiger partial charge in [-0.1, -0.05) is 0 Å². The maximum atomic E-state index is 5.79. The number of halogens is 2. The molecular weight excluding hydrogens is 312 g/mol. The molecule has 72 valence electrons. The molecule has 2 aromatic rings. The number of rotatable bonds is 1. The third-order valence-electron chi connectivity index (χ3n) is 1.63. The SMILES string of the molecule is Nc1cc(Br)cnc1-n1cc(Br)cn1. The first-order valence-electron chi connectivity index (χ1n) is 3.78. The lowest BCUT2D eigenvalue weighted by atomic mass is 10.4. The second-order valence-corrected chi connectivity index (χ2v) is 4.50. The average molecular weight is 318 g/mol. The molecule has 0 fully saturated rings. The van der Waals surface area contributed by atoms with Gasteiger partial charge in [0.05, 0.1) is 16.4 Å². The Balaban J connectivity index is 2.52. The molecule has 0 unspecified atom stereocenters. The van der Waals surface area contributed by atoms with E-state index in [0.717, 1.165) is 8.95 Å². The van der Waals surface area contributed by atoms with Crippen LogP contribution in [0.15, 0.2) is 33.6 Å². The van der Waals surface area contributed by atoms with E-state index in [0.29, 0.717) is 11.5 Å². The van der Waals surface area contributed by atoms with Gasteiger partial charge in [0.2, 0.25) is 0 Å². The van der Waals surface area contributed by atoms with Crippen molar-refractivity contribution in [1.82, 2.24) is 14.8 Å². The molecule has 0 atom stereocenters. The fraction of sp³-hybridized carbons (Fsp3) is 0. The number of anilines is 1. The highest BCUT2D eigenvalue weighted by Gasteiger charge is 2.05. The Bertz CT molecular complexity index is 466. The summed E-state index contributed by atoms with van der Waals surface area (Å²) in [7, 11) is 0. The summed E-state index contributed by atoms with van der Waals surface area (Å²) in [5.74, 6) is 0.624. The van der Waals surface area contributed by atoms with Gasteiger partial charge in [0.25, 0.3) is 0 Å². The van der Waals surface area contributed by atoms with Crippen molar-refractivity contribution >= 4 is 37.5 Å². The Labute approximate surface area is 97.4 Å². The number of pyridine rings is 1. The number of aromatic nitrogens is 3. The van der Waals surface area contributed by atoms with Crippen LogP contribution in [0, 0.1) is 0 Å². The van der Waals surface area contributed by atoms with E-state index in [9.17, 15) is 0 Å². The Morgan fingerprint density at radius 1 is 1.21 bits per heavy atom. The molecule has 2 N–H and O–H groups in total. The molecule has 0 aromatic carbocycles. The zero-order valence-electron chi connectivity index (χ0n) is 6.98. The summed E-state index contributed by atoms with van der Waals surface area (Å²) in [4.78, 5) is 4.17. The monoisotopic (exact) mass is 316 g/mol. The van der Waals surface area contributed by atoms with Crippen LogP contribution in [-0.4, -0.2) is 14.8 Å². The first kappa shape index (κ1) is 9.67. The second-order valence-electron chi connectivity index (χ2n) is 2.67. The zero-order chi connectivity index (χ0) is 10.1. The number of hydrogen-bond donors (Lipinski definition) is 1. The average Bonchev–Trinajstić information content (AvgIpc) is 2.51. The quantitative estimate of drug-likeness (QED) is 0.878. The zero-order valence-corrected chi connectivity index (χ0v) is 10.2. The maximum absolute atomic E-state index is 5.79. The first-order valence-corrected chi connectivity index (χ1v) is 5.37. The van der Waals surface area contributed by atoms with E-state index in [-0.39, 0.29) is 0 Å². The van der Waals surface area contributed by atoms with Crippen LogP contribution in [0.3, 0.4) is 0 Å². The highest BCUT2D eigenvalue weighted by atomic mass is 79.9. The van der Waals surface area contributed by atoms with Crippen molar-refractivity contribution in [3.05, 3.63) is 33.6 Å². The Morgan fingerprint density at radius 3 is 2.57 bits per heavy atom. The van der Waals surface area contributed by atoms with Crippen LogP contribution in [0.5, 0.6) is 0 Å². The molecule has 14 heavy (non-hydrogen) atoms. The summed E-state index contributed by atoms with van der Waals surface area (Å²) in [6.45, 7) is 0. The summed E-state index contributed by atoms with van der Waals surface area (Å²) < 4.78 is 3.36. The normalized spacial score (nSPS) is 10.4. The van der Waals surface area contributed by atoms with Gasteiger partial charge >= 0.3 is 0 Å². The van der Waals surface area contributed by atoms with E-state index in [1.807, 2.05) is 0 Å². The predicted molar refractivity (Wildman–Crippen MR) is 61.2 cm³/mol. The Hall–Kier alpha value is -0.880. The number of nitrogens with zero attached hydrogens (tertiary/aromatic N) is 3. The third kappa shape index (κ3) is 1.80. The minimum Gasteiger partial charge on any atom is -0.396 e. The van der Waals surface area contributed by atoms with Crippen molar-refractivity contribution in [2.75, 3.05) is 5.73 Å². The summed E-state index contributed by atoms with van der Waals surface area (Å²) in [5.41, 5.74) is 6.37. The molecule has 0 spiro atoms. The van der Waals surface area contributed by atoms with Crippen molar-refractivity contribution in [2.45, 2.75) is 0 Å². The van der Waals surface area contributed by atoms with Gasteiger partial charge in [-0.25, -0.2) is 9.67 Å². The molecule has 0 aliphatic rings. The Morgan fingerprint density at radius 2 is 2.00 bits per heavy atom. The minimum atomic E-state index is 0.579. The van der Waals surface area contributed by atoms with Crippen LogP contribution in [0.2, 0.25) is 0 Å². The lowest BCUT2D eigenvalue weighted by molar-refractivity contribution is 0.849. The van der Waals surface area contributed by atoms with Crippen LogP contribution in [0.4, 0.5) is 5.69 Å². The van der Waals surface area contributed by atoms with E-state index in [2.05, 4.69) is 41.9 Å². The molecule has 0 amide bonds. The van der Waals surface area contributed by atoms with Crippen molar-refractivity contribution in [2.24, 2.45) is 0 Å². The van der Waals surface area contributed by atoms with E-state index < -0.39 is 0 Å². The molecule has 0 aliphatic carbocycles. The van der Waals surface area contributed by atoms with E-state index >= 15 is 0 Å². The van der Waals surface area contributed by atoms with Crippen LogP contribution in [-0.2, 0) is 0 Å². The number of nitrogen functional groups attached to an aromatic ring is 1. The van der Waals surface area contributed by atoms with Gasteiger partial charge in [0.15, 0.2) is 5.82 Å². The van der Waals surface area contributed by atoms with E-state index in [4.69, 9.17) is 5.73 Å². The van der Waals surface area contributed by atoms with Crippen LogP contribution < -0.4 is 5.73 Å². The molecule has 2 rings (SSSR count). The lowest BCUT2D eigenvalue weighted by Crippen LogP contribution is -2.02. The number of hydrogen-bond acceptors (Lipinski definition) is 3. The molecular formula is C8H6Br2N4. The van der Waals surface area contributed by atoms with Gasteiger partial charge in [-0.15, -0.1) is 0 Å². The lowest BCUT2D eigenvalue weighted by Gasteiger charge is -2.03. The standard InChI is InChI=1S/C8H6Br2N4/c9-5-1-7(11)8(12-2-5)14-4-6(10)3-13-14/h1-4H,11H2. The topological polar surface area (TPSA) is 56.7 Å². The van der Waals surface area contributed by atoms with Crippen LogP contribution >= 0.6 is 31.9 Å². The largest absolute Gasteiger partial charge is 0.396 e. The smallest absolute Gasteiger partial charge is 0.176 e. The van der Waals surface area contributed by atoms with Gasteiger partial charge in [0.1, 0.15) is 0 Å². The second kappa shape index (κ2) is 3.70. The van der Waals surface area contributed by atoms with E-state index in [1.165, 1.54) is 0 Å². The molecule has 0 aliphatic heterocycles. The Kier molecular flexibility index (Phi) is 2.56. The minimum absolute atomic E-state index is 0.579. The number of nitrogens with two attached hydrogens (primary N) is 1. The fourth-order valence-electron chi connectivity index (χ4n) is 1.06. The summed E-state index contributed by atoms with van der Waals surface area (Å²) in [6, 6.07) is 1.79. The highest BCUT2D eigenvalue weighted by molar-refractivity contribution is 9.10. The molecule has 0 bridgehead atoms. The first-order chi connectivity index (χ1) is 6.66. The van der Waals surface area contributed by atoms with Crippen molar-refractivity contribution in [3.8, 4) is 5.82 Å². The van der Waals surface area contributed by atoms with Crippen molar-refractivity contribution in [3.63, 3.8) is 0 Å². The molecule has 0 saturated carbocycles. The van der Waals surface area contributed by atoms with Gasteiger partial charge < -0.3 is 5.73 Å². The predicted octanol–water partition coefficient (Wildman–Crippen LogP) is 2.37. The summed E-state index contributed by atoms with van der Waals surface area (Å²) in [6.07, 6.45) is 5.16.